The molecule has 0 atom stereocenters. The summed E-state index contributed by atoms with van der Waals surface area (Å²) < 4.78 is 4.95. The van der Waals surface area contributed by atoms with Crippen LogP contribution in [0.5, 0.6) is 0 Å². The summed E-state index contributed by atoms with van der Waals surface area (Å²) in [5.74, 6) is -0.420. The fourth-order valence-electron chi connectivity index (χ4n) is 1.79. The van der Waals surface area contributed by atoms with Gasteiger partial charge in [0.15, 0.2) is 0 Å². The van der Waals surface area contributed by atoms with E-state index in [1.165, 1.54) is 0 Å². The second-order valence-corrected chi connectivity index (χ2v) is 3.76. The predicted octanol–water partition coefficient (Wildman–Crippen LogP) is 1.26. The lowest BCUT2D eigenvalue weighted by Crippen LogP contribution is -2.27. The van der Waals surface area contributed by atoms with Crippen LogP contribution in [0.3, 0.4) is 0 Å². The highest BCUT2D eigenvalue weighted by Gasteiger charge is 2.16. The molecule has 0 aliphatic heterocycles. The number of aliphatic hydroxyl groups is 1. The van der Waals surface area contributed by atoms with E-state index in [9.17, 15) is 4.79 Å². The molecule has 0 unspecified atom stereocenters. The number of anilines is 2. The number of benzene rings is 1. The molecule has 0 saturated carbocycles. The molecule has 5 heteroatoms. The fraction of sp³-hybridized carbons (Fsp3) is 0.462. The van der Waals surface area contributed by atoms with Crippen LogP contribution in [0.2, 0.25) is 0 Å². The van der Waals surface area contributed by atoms with Gasteiger partial charge in [-0.2, -0.15) is 0 Å². The summed E-state index contributed by atoms with van der Waals surface area (Å²) in [4.78, 5) is 13.6. The molecule has 0 amide bonds. The van der Waals surface area contributed by atoms with Gasteiger partial charge in [0, 0.05) is 13.1 Å². The van der Waals surface area contributed by atoms with Crippen LogP contribution >= 0.6 is 0 Å². The molecule has 1 aromatic carbocycles. The first-order valence-corrected chi connectivity index (χ1v) is 6.07. The van der Waals surface area contributed by atoms with Crippen LogP contribution in [-0.2, 0) is 4.74 Å². The normalized spacial score (nSPS) is 10.2. The topological polar surface area (TPSA) is 75.8 Å². The second kappa shape index (κ2) is 6.86. The van der Waals surface area contributed by atoms with Gasteiger partial charge in [-0.25, -0.2) is 4.79 Å². The first kappa shape index (κ1) is 14.3. The number of carbonyl (C=O) groups is 1. The number of nitrogens with two attached hydrogens (primary N) is 1. The molecule has 0 fully saturated rings. The third-order valence-corrected chi connectivity index (χ3v) is 2.67. The predicted molar refractivity (Wildman–Crippen MR) is 71.8 cm³/mol. The van der Waals surface area contributed by atoms with Crippen molar-refractivity contribution in [2.24, 2.45) is 0 Å². The van der Waals surface area contributed by atoms with Crippen LogP contribution in [0.25, 0.3) is 0 Å². The number of likely N-dealkylation sites (N-methyl/N-ethyl adjacent to an activating group) is 1. The second-order valence-electron chi connectivity index (χ2n) is 3.76. The molecule has 100 valence electrons. The number of carbonyl (C=O) groups excluding carboxylic acids is 1. The highest BCUT2D eigenvalue weighted by atomic mass is 16.5. The molecule has 0 aliphatic carbocycles. The van der Waals surface area contributed by atoms with Crippen molar-refractivity contribution in [3.05, 3.63) is 23.8 Å². The monoisotopic (exact) mass is 252 g/mol. The van der Waals surface area contributed by atoms with E-state index < -0.39 is 5.97 Å². The van der Waals surface area contributed by atoms with E-state index in [4.69, 9.17) is 15.6 Å². The van der Waals surface area contributed by atoms with Gasteiger partial charge in [-0.05, 0) is 26.0 Å². The van der Waals surface area contributed by atoms with E-state index in [-0.39, 0.29) is 6.61 Å². The maximum absolute atomic E-state index is 11.7. The summed E-state index contributed by atoms with van der Waals surface area (Å²) in [6.07, 6.45) is 0. The quantitative estimate of drug-likeness (QED) is 0.589. The molecule has 0 bridgehead atoms. The molecule has 1 rings (SSSR count). The van der Waals surface area contributed by atoms with Crippen molar-refractivity contribution >= 4 is 17.3 Å². The molecule has 3 N–H and O–H groups in total. The smallest absolute Gasteiger partial charge is 0.340 e. The largest absolute Gasteiger partial charge is 0.462 e. The standard InChI is InChI=1S/C13H20N2O3/c1-3-15(8-9-16)11-7-5-6-10(12(11)14)13(17)18-4-2/h5-7,16H,3-4,8-9,14H2,1-2H3. The van der Waals surface area contributed by atoms with Gasteiger partial charge in [-0.3, -0.25) is 0 Å². The number of hydrogen-bond donors (Lipinski definition) is 2. The van der Waals surface area contributed by atoms with Gasteiger partial charge in [-0.1, -0.05) is 6.07 Å². The fourth-order valence-corrected chi connectivity index (χ4v) is 1.79. The third kappa shape index (κ3) is 3.13. The van der Waals surface area contributed by atoms with E-state index in [1.807, 2.05) is 17.9 Å². The molecular formula is C13H20N2O3. The molecule has 1 aromatic rings. The number of nitrogen functional groups attached to an aromatic ring is 1. The molecule has 0 aromatic heterocycles. The Balaban J connectivity index is 3.07. The van der Waals surface area contributed by atoms with E-state index >= 15 is 0 Å². The molecule has 0 heterocycles. The van der Waals surface area contributed by atoms with Gasteiger partial charge in [-0.15, -0.1) is 0 Å². The van der Waals surface area contributed by atoms with Gasteiger partial charge in [0.1, 0.15) is 0 Å². The van der Waals surface area contributed by atoms with Crippen molar-refractivity contribution in [3.63, 3.8) is 0 Å². The van der Waals surface area contributed by atoms with Gasteiger partial charge in [0.25, 0.3) is 0 Å². The minimum Gasteiger partial charge on any atom is -0.462 e. The summed E-state index contributed by atoms with van der Waals surface area (Å²) in [6, 6.07) is 5.23. The summed E-state index contributed by atoms with van der Waals surface area (Å²) in [6.45, 7) is 5.26. The van der Waals surface area contributed by atoms with Crippen LogP contribution in [0.15, 0.2) is 18.2 Å². The van der Waals surface area contributed by atoms with Crippen LogP contribution in [0.4, 0.5) is 11.4 Å². The highest BCUT2D eigenvalue weighted by molar-refractivity contribution is 5.98. The number of hydrogen-bond acceptors (Lipinski definition) is 5. The maximum atomic E-state index is 11.7. The molecule has 0 saturated heterocycles. The average Bonchev–Trinajstić information content (AvgIpc) is 2.37. The molecule has 18 heavy (non-hydrogen) atoms. The van der Waals surface area contributed by atoms with Crippen LogP contribution in [0, 0.1) is 0 Å². The van der Waals surface area contributed by atoms with Crippen molar-refractivity contribution < 1.29 is 14.6 Å². The summed E-state index contributed by atoms with van der Waals surface area (Å²) in [5.41, 5.74) is 7.51. The number of ether oxygens (including phenoxy) is 1. The zero-order chi connectivity index (χ0) is 13.5. The zero-order valence-electron chi connectivity index (χ0n) is 10.8. The van der Waals surface area contributed by atoms with Crippen molar-refractivity contribution in [1.29, 1.82) is 0 Å². The van der Waals surface area contributed by atoms with Gasteiger partial charge >= 0.3 is 5.97 Å². The Morgan fingerprint density at radius 3 is 2.72 bits per heavy atom. The average molecular weight is 252 g/mol. The zero-order valence-corrected chi connectivity index (χ0v) is 10.8. The lowest BCUT2D eigenvalue weighted by Gasteiger charge is -2.24. The number of para-hydroxylation sites is 1. The maximum Gasteiger partial charge on any atom is 0.340 e. The van der Waals surface area contributed by atoms with Crippen molar-refractivity contribution in [1.82, 2.24) is 0 Å². The Morgan fingerprint density at radius 2 is 2.17 bits per heavy atom. The lowest BCUT2D eigenvalue weighted by molar-refractivity contribution is 0.0527. The van der Waals surface area contributed by atoms with E-state index in [0.717, 1.165) is 5.69 Å². The SMILES string of the molecule is CCOC(=O)c1cccc(N(CC)CCO)c1N. The van der Waals surface area contributed by atoms with Gasteiger partial charge in [0.05, 0.1) is 30.2 Å². The highest BCUT2D eigenvalue weighted by Crippen LogP contribution is 2.27. The minimum atomic E-state index is -0.420. The first-order chi connectivity index (χ1) is 8.65. The first-order valence-electron chi connectivity index (χ1n) is 6.07. The van der Waals surface area contributed by atoms with Crippen LogP contribution in [0.1, 0.15) is 24.2 Å². The Kier molecular flexibility index (Phi) is 5.45. The molecule has 5 nitrogen and oxygen atoms in total. The summed E-state index contributed by atoms with van der Waals surface area (Å²) in [7, 11) is 0. The van der Waals surface area contributed by atoms with E-state index in [1.54, 1.807) is 19.1 Å². The van der Waals surface area contributed by atoms with Gasteiger partial charge < -0.3 is 20.5 Å². The molecular weight excluding hydrogens is 232 g/mol. The van der Waals surface area contributed by atoms with Crippen LogP contribution in [-0.4, -0.2) is 37.4 Å². The summed E-state index contributed by atoms with van der Waals surface area (Å²) >= 11 is 0. The third-order valence-electron chi connectivity index (χ3n) is 2.67. The lowest BCUT2D eigenvalue weighted by atomic mass is 10.1. The molecule has 0 spiro atoms. The van der Waals surface area contributed by atoms with E-state index in [2.05, 4.69) is 0 Å². The minimum absolute atomic E-state index is 0.0386. The Labute approximate surface area is 107 Å². The molecule has 0 radical (unpaired) electrons. The Hall–Kier alpha value is -1.75. The number of rotatable bonds is 6. The number of esters is 1. The number of aliphatic hydroxyl groups excluding tert-OH is 1. The van der Waals surface area contributed by atoms with Gasteiger partial charge in [0.2, 0.25) is 0 Å². The van der Waals surface area contributed by atoms with Crippen molar-refractivity contribution in [2.45, 2.75) is 13.8 Å². The van der Waals surface area contributed by atoms with Crippen molar-refractivity contribution in [3.8, 4) is 0 Å². The Morgan fingerprint density at radius 1 is 1.44 bits per heavy atom. The Bertz CT molecular complexity index is 407. The molecule has 0 aliphatic rings. The number of nitrogens with zero attached hydrogens (tertiary/aromatic N) is 1. The summed E-state index contributed by atoms with van der Waals surface area (Å²) in [5, 5.41) is 9.01. The van der Waals surface area contributed by atoms with E-state index in [0.29, 0.717) is 30.9 Å². The van der Waals surface area contributed by atoms with Crippen LogP contribution < -0.4 is 10.6 Å². The van der Waals surface area contributed by atoms with Crippen molar-refractivity contribution in [2.75, 3.05) is 36.9 Å².